The highest BCUT2D eigenvalue weighted by atomic mass is 19.2. The Morgan fingerprint density at radius 3 is 2.41 bits per heavy atom. The van der Waals surface area contributed by atoms with Gasteiger partial charge in [-0.2, -0.15) is 0 Å². The molecule has 10 nitrogen and oxygen atoms in total. The maximum Gasteiger partial charge on any atom is 0.194 e. The molecule has 2 unspecified atom stereocenters. The minimum atomic E-state index is -1.64. The quantitative estimate of drug-likeness (QED) is 0.323. The molecule has 1 aromatic carbocycles. The highest BCUT2D eigenvalue weighted by Crippen LogP contribution is 2.34. The van der Waals surface area contributed by atoms with Crippen LogP contribution in [0.2, 0.25) is 0 Å². The molecule has 2 aromatic heterocycles. The predicted octanol–water partition coefficient (Wildman–Crippen LogP) is 1.98. The van der Waals surface area contributed by atoms with Crippen LogP contribution in [-0.4, -0.2) is 78.2 Å². The monoisotopic (exact) mass is 550 g/mol. The minimum Gasteiger partial charge on any atom is -0.394 e. The van der Waals surface area contributed by atoms with Gasteiger partial charge in [0, 0.05) is 24.4 Å². The van der Waals surface area contributed by atoms with E-state index in [2.05, 4.69) is 15.3 Å². The molecule has 3 aromatic rings. The van der Waals surface area contributed by atoms with Crippen molar-refractivity contribution in [3.05, 3.63) is 65.9 Å². The number of hydrogen-bond acceptors (Lipinski definition) is 9. The third-order valence-electron chi connectivity index (χ3n) is 6.43. The molecule has 0 radical (unpaired) electrons. The molecule has 1 aliphatic rings. The Balaban J connectivity index is 1.66. The lowest BCUT2D eigenvalue weighted by Gasteiger charge is -2.44. The van der Waals surface area contributed by atoms with Gasteiger partial charge in [0.15, 0.2) is 23.2 Å². The van der Waals surface area contributed by atoms with Crippen LogP contribution in [0.1, 0.15) is 31.9 Å². The molecule has 1 fully saturated rings. The van der Waals surface area contributed by atoms with Crippen LogP contribution in [0.4, 0.5) is 13.2 Å². The second-order valence-corrected chi connectivity index (χ2v) is 9.78. The van der Waals surface area contributed by atoms with Crippen molar-refractivity contribution in [2.45, 2.75) is 63.4 Å². The number of benzene rings is 1. The molecule has 0 saturated carbocycles. The maximum absolute atomic E-state index is 13.8. The number of ether oxygens (including phenoxy) is 2. The Morgan fingerprint density at radius 1 is 1.13 bits per heavy atom. The summed E-state index contributed by atoms with van der Waals surface area (Å²) in [4.78, 5) is 17.2. The molecule has 6 atom stereocenters. The number of aliphatic hydroxyl groups excluding tert-OH is 3. The molecule has 3 N–H and O–H groups in total. The van der Waals surface area contributed by atoms with Crippen molar-refractivity contribution in [1.82, 2.24) is 20.0 Å². The predicted molar refractivity (Wildman–Crippen MR) is 129 cm³/mol. The topological polar surface area (TPSA) is 140 Å². The van der Waals surface area contributed by atoms with Crippen molar-refractivity contribution in [3.8, 4) is 11.3 Å². The van der Waals surface area contributed by atoms with Gasteiger partial charge in [-0.3, -0.25) is 9.78 Å². The van der Waals surface area contributed by atoms with Crippen molar-refractivity contribution in [2.24, 2.45) is 5.92 Å². The first-order chi connectivity index (χ1) is 18.6. The molecule has 13 heteroatoms. The van der Waals surface area contributed by atoms with E-state index in [0.29, 0.717) is 5.56 Å². The van der Waals surface area contributed by atoms with Crippen LogP contribution in [0.3, 0.4) is 0 Å². The number of halogens is 3. The van der Waals surface area contributed by atoms with Gasteiger partial charge in [0.1, 0.15) is 42.3 Å². The van der Waals surface area contributed by atoms with Gasteiger partial charge in [0.05, 0.1) is 19.4 Å². The number of rotatable bonds is 10. The van der Waals surface area contributed by atoms with Gasteiger partial charge in [-0.15, -0.1) is 5.10 Å². The number of aromatic nitrogens is 4. The molecule has 1 saturated heterocycles. The van der Waals surface area contributed by atoms with Crippen molar-refractivity contribution in [3.63, 3.8) is 0 Å². The van der Waals surface area contributed by atoms with Crippen LogP contribution in [0.15, 0.2) is 42.9 Å². The van der Waals surface area contributed by atoms with E-state index in [1.165, 1.54) is 6.20 Å². The van der Waals surface area contributed by atoms with Crippen LogP contribution in [0.5, 0.6) is 0 Å². The second-order valence-electron chi connectivity index (χ2n) is 9.78. The second kappa shape index (κ2) is 12.3. The van der Waals surface area contributed by atoms with E-state index in [-0.39, 0.29) is 36.0 Å². The van der Waals surface area contributed by atoms with Gasteiger partial charge in [-0.05, 0) is 35.7 Å². The fraction of sp³-hybridized carbons (Fsp3) is 0.462. The molecule has 0 aliphatic carbocycles. The minimum absolute atomic E-state index is 0.00418. The Kier molecular flexibility index (Phi) is 9.08. The van der Waals surface area contributed by atoms with E-state index in [0.717, 1.165) is 16.8 Å². The largest absolute Gasteiger partial charge is 0.394 e. The summed E-state index contributed by atoms with van der Waals surface area (Å²) in [6.45, 7) is 3.02. The number of pyridine rings is 1. The number of carbonyl (C=O) groups is 1. The van der Waals surface area contributed by atoms with Crippen LogP contribution in [-0.2, 0) is 20.9 Å². The molecular formula is C26H29F3N4O6. The molecule has 39 heavy (non-hydrogen) atoms. The fourth-order valence-electron chi connectivity index (χ4n) is 4.51. The molecule has 3 heterocycles. The molecule has 0 amide bonds. The highest BCUT2D eigenvalue weighted by Gasteiger charge is 2.50. The van der Waals surface area contributed by atoms with E-state index in [1.54, 1.807) is 24.5 Å². The van der Waals surface area contributed by atoms with Crippen molar-refractivity contribution < 1.29 is 42.8 Å². The number of aliphatic hydroxyl groups is 3. The van der Waals surface area contributed by atoms with Gasteiger partial charge in [-0.25, -0.2) is 17.9 Å². The summed E-state index contributed by atoms with van der Waals surface area (Å²) >= 11 is 0. The summed E-state index contributed by atoms with van der Waals surface area (Å²) in [7, 11) is 0. The lowest BCUT2D eigenvalue weighted by Crippen LogP contribution is -2.60. The zero-order valence-electron chi connectivity index (χ0n) is 21.2. The van der Waals surface area contributed by atoms with Crippen LogP contribution in [0, 0.1) is 23.4 Å². The standard InChI is InChI=1S/C26H29F3N4O6/c1-13(2)7-19(35)25(38-12-14-3-5-30-6-4-14)26-24(37)22(23(36)20(11-34)39-26)33-10-18(31-32-33)15-8-16(27)21(29)17(28)9-15/h3-6,8-10,13,20,22-26,34,36-37H,7,11-12H2,1-2H3/t20?,22-,23-,24?,25+,26+/m0/s1. The normalized spacial score (nSPS) is 24.2. The number of carbonyl (C=O) groups excluding carboxylic acids is 1. The first-order valence-electron chi connectivity index (χ1n) is 12.3. The first kappa shape index (κ1) is 28.8. The summed E-state index contributed by atoms with van der Waals surface area (Å²) in [5, 5.41) is 39.9. The molecule has 210 valence electrons. The molecule has 1 aliphatic heterocycles. The maximum atomic E-state index is 13.8. The van der Waals surface area contributed by atoms with Crippen LogP contribution >= 0.6 is 0 Å². The van der Waals surface area contributed by atoms with E-state index >= 15 is 0 Å². The lowest BCUT2D eigenvalue weighted by molar-refractivity contribution is -0.234. The zero-order valence-corrected chi connectivity index (χ0v) is 21.2. The summed E-state index contributed by atoms with van der Waals surface area (Å²) in [5.74, 6) is -4.88. The van der Waals surface area contributed by atoms with Gasteiger partial charge in [0.25, 0.3) is 0 Å². The lowest BCUT2D eigenvalue weighted by atomic mass is 9.87. The zero-order chi connectivity index (χ0) is 28.3. The average Bonchev–Trinajstić information content (AvgIpc) is 3.38. The van der Waals surface area contributed by atoms with E-state index in [9.17, 15) is 33.3 Å². The highest BCUT2D eigenvalue weighted by molar-refractivity contribution is 5.84. The number of ketones is 1. The molecule has 4 rings (SSSR count). The summed E-state index contributed by atoms with van der Waals surface area (Å²) in [5.41, 5.74) is 0.513. The molecule has 0 spiro atoms. The number of Topliss-reactive ketones (excluding diaryl/α,β-unsaturated/α-hetero) is 1. The van der Waals surface area contributed by atoms with E-state index in [4.69, 9.17) is 9.47 Å². The van der Waals surface area contributed by atoms with Crippen molar-refractivity contribution in [2.75, 3.05) is 6.61 Å². The van der Waals surface area contributed by atoms with Gasteiger partial charge < -0.3 is 24.8 Å². The average molecular weight is 551 g/mol. The van der Waals surface area contributed by atoms with Crippen molar-refractivity contribution >= 4 is 5.78 Å². The fourth-order valence-corrected chi connectivity index (χ4v) is 4.51. The van der Waals surface area contributed by atoms with Gasteiger partial charge in [0.2, 0.25) is 0 Å². The SMILES string of the molecule is CC(C)CC(=O)[C@@H](OCc1ccncc1)[C@@H]1OC(CO)[C@H](O)[C@H](n2cc(-c3cc(F)c(F)c(F)c3)nn2)C1O. The smallest absolute Gasteiger partial charge is 0.194 e. The third kappa shape index (κ3) is 6.34. The van der Waals surface area contributed by atoms with E-state index < -0.39 is 60.6 Å². The summed E-state index contributed by atoms with van der Waals surface area (Å²) < 4.78 is 53.7. The van der Waals surface area contributed by atoms with Gasteiger partial charge >= 0.3 is 0 Å². The Labute approximate surface area is 222 Å². The van der Waals surface area contributed by atoms with Crippen LogP contribution in [0.25, 0.3) is 11.3 Å². The third-order valence-corrected chi connectivity index (χ3v) is 6.43. The van der Waals surface area contributed by atoms with E-state index in [1.807, 2.05) is 13.8 Å². The number of nitrogens with zero attached hydrogens (tertiary/aromatic N) is 4. The first-order valence-corrected chi connectivity index (χ1v) is 12.3. The molecular weight excluding hydrogens is 521 g/mol. The Hall–Kier alpha value is -3.23. The summed E-state index contributed by atoms with van der Waals surface area (Å²) in [6.07, 6.45) is -2.51. The number of hydrogen-bond donors (Lipinski definition) is 3. The summed E-state index contributed by atoms with van der Waals surface area (Å²) in [6, 6.07) is 3.57. The molecule has 0 bridgehead atoms. The van der Waals surface area contributed by atoms with Crippen LogP contribution < -0.4 is 0 Å². The van der Waals surface area contributed by atoms with Gasteiger partial charge in [-0.1, -0.05) is 19.1 Å². The Bertz CT molecular complexity index is 1250. The Morgan fingerprint density at radius 2 is 1.79 bits per heavy atom. The van der Waals surface area contributed by atoms with Crippen molar-refractivity contribution in [1.29, 1.82) is 0 Å².